The van der Waals surface area contributed by atoms with Crippen LogP contribution in [0.25, 0.3) is 22.2 Å². The van der Waals surface area contributed by atoms with Gasteiger partial charge >= 0.3 is 6.09 Å². The molecule has 33 heavy (non-hydrogen) atoms. The highest BCUT2D eigenvalue weighted by Gasteiger charge is 2.28. The van der Waals surface area contributed by atoms with Gasteiger partial charge in [0, 0.05) is 35.8 Å². The second-order valence-corrected chi connectivity index (χ2v) is 10.8. The Morgan fingerprint density at radius 2 is 1.91 bits per heavy atom. The zero-order valence-corrected chi connectivity index (χ0v) is 21.2. The third kappa shape index (κ3) is 5.03. The molecule has 2 aromatic heterocycles. The van der Waals surface area contributed by atoms with Gasteiger partial charge in [-0.05, 0) is 87.3 Å². The molecule has 3 aromatic rings. The molecule has 0 bridgehead atoms. The summed E-state index contributed by atoms with van der Waals surface area (Å²) < 4.78 is 5.55. The van der Waals surface area contributed by atoms with Gasteiger partial charge in [0.05, 0.1) is 5.69 Å². The van der Waals surface area contributed by atoms with Crippen LogP contribution in [0.15, 0.2) is 30.5 Å². The summed E-state index contributed by atoms with van der Waals surface area (Å²) in [5.41, 5.74) is 6.64. The van der Waals surface area contributed by atoms with E-state index in [1.165, 1.54) is 16.5 Å². The van der Waals surface area contributed by atoms with Crippen LogP contribution in [0.5, 0.6) is 0 Å². The second kappa shape index (κ2) is 9.02. The number of amides is 1. The predicted molar refractivity (Wildman–Crippen MR) is 135 cm³/mol. The molecule has 176 valence electrons. The molecule has 3 heterocycles. The lowest BCUT2D eigenvalue weighted by atomic mass is 9.87. The molecule has 1 saturated heterocycles. The van der Waals surface area contributed by atoms with Crippen LogP contribution in [-0.4, -0.2) is 39.7 Å². The van der Waals surface area contributed by atoms with E-state index >= 15 is 0 Å². The molecule has 0 unspecified atom stereocenters. The minimum atomic E-state index is -0.463. The average Bonchev–Trinajstić information content (AvgIpc) is 3.13. The van der Waals surface area contributed by atoms with Crippen LogP contribution >= 0.6 is 11.6 Å². The third-order valence-corrected chi connectivity index (χ3v) is 6.60. The van der Waals surface area contributed by atoms with E-state index in [-0.39, 0.29) is 6.09 Å². The lowest BCUT2D eigenvalue weighted by Crippen LogP contribution is -2.41. The van der Waals surface area contributed by atoms with Crippen LogP contribution in [0.1, 0.15) is 76.0 Å². The Kier molecular flexibility index (Phi) is 6.45. The summed E-state index contributed by atoms with van der Waals surface area (Å²) in [6.07, 6.45) is 3.51. The zero-order valence-electron chi connectivity index (χ0n) is 20.5. The van der Waals surface area contributed by atoms with Crippen LogP contribution in [0.2, 0.25) is 5.15 Å². The number of pyridine rings is 1. The fourth-order valence-electron chi connectivity index (χ4n) is 4.79. The maximum atomic E-state index is 12.4. The lowest BCUT2D eigenvalue weighted by Gasteiger charge is -2.33. The largest absolute Gasteiger partial charge is 0.444 e. The van der Waals surface area contributed by atoms with E-state index in [0.29, 0.717) is 17.0 Å². The molecule has 1 amide bonds. The normalized spacial score (nSPS) is 15.5. The standard InChI is InChI=1S/C27H34ClN3O2/c1-16(2)24-21-13-19(18-9-11-31(12-10-18)26(32)33-27(4,5)6)7-8-22(21)30-25(24)20-14-23(28)29-15-17(20)3/h7-8,13-16,18,30H,9-12H2,1-6H3. The first-order valence-corrected chi connectivity index (χ1v) is 12.2. The van der Waals surface area contributed by atoms with E-state index in [0.717, 1.165) is 48.3 Å². The molecular weight excluding hydrogens is 434 g/mol. The fraction of sp³-hybridized carbons (Fsp3) is 0.481. The van der Waals surface area contributed by atoms with Gasteiger partial charge in [-0.3, -0.25) is 0 Å². The summed E-state index contributed by atoms with van der Waals surface area (Å²) >= 11 is 6.23. The number of aromatic nitrogens is 2. The molecule has 4 rings (SSSR count). The lowest BCUT2D eigenvalue weighted by molar-refractivity contribution is 0.0205. The van der Waals surface area contributed by atoms with E-state index in [9.17, 15) is 4.79 Å². The average molecular weight is 468 g/mol. The van der Waals surface area contributed by atoms with Gasteiger partial charge < -0.3 is 14.6 Å². The highest BCUT2D eigenvalue weighted by Crippen LogP contribution is 2.39. The summed E-state index contributed by atoms with van der Waals surface area (Å²) in [6.45, 7) is 13.7. The summed E-state index contributed by atoms with van der Waals surface area (Å²) in [5.74, 6) is 0.785. The van der Waals surface area contributed by atoms with Crippen LogP contribution in [-0.2, 0) is 4.74 Å². The Labute approximate surface area is 201 Å². The number of carbonyl (C=O) groups excluding carboxylic acids is 1. The van der Waals surface area contributed by atoms with Gasteiger partial charge in [0.25, 0.3) is 0 Å². The van der Waals surface area contributed by atoms with Gasteiger partial charge in [0.1, 0.15) is 10.8 Å². The first-order valence-electron chi connectivity index (χ1n) is 11.8. The van der Waals surface area contributed by atoms with E-state index in [1.807, 2.05) is 37.9 Å². The van der Waals surface area contributed by atoms with Gasteiger partial charge in [-0.15, -0.1) is 0 Å². The smallest absolute Gasteiger partial charge is 0.410 e. The number of rotatable bonds is 3. The molecule has 0 spiro atoms. The summed E-state index contributed by atoms with van der Waals surface area (Å²) in [5, 5.41) is 1.76. The van der Waals surface area contributed by atoms with Crippen LogP contribution in [0, 0.1) is 6.92 Å². The molecule has 1 aliphatic rings. The highest BCUT2D eigenvalue weighted by atomic mass is 35.5. The fourth-order valence-corrected chi connectivity index (χ4v) is 4.94. The summed E-state index contributed by atoms with van der Waals surface area (Å²) in [6, 6.07) is 8.71. The Hall–Kier alpha value is -2.53. The Balaban J connectivity index is 1.62. The van der Waals surface area contributed by atoms with Crippen molar-refractivity contribution in [2.24, 2.45) is 0 Å². The number of benzene rings is 1. The number of hydrogen-bond donors (Lipinski definition) is 1. The Morgan fingerprint density at radius 3 is 2.55 bits per heavy atom. The number of halogens is 1. The molecule has 0 saturated carbocycles. The van der Waals surface area contributed by atoms with Gasteiger partial charge in [0.15, 0.2) is 0 Å². The first kappa shape index (κ1) is 23.6. The van der Waals surface area contributed by atoms with Crippen molar-refractivity contribution in [2.45, 2.75) is 71.8 Å². The van der Waals surface area contributed by atoms with Crippen molar-refractivity contribution < 1.29 is 9.53 Å². The van der Waals surface area contributed by atoms with E-state index in [4.69, 9.17) is 16.3 Å². The molecule has 5 nitrogen and oxygen atoms in total. The van der Waals surface area contributed by atoms with Crippen molar-refractivity contribution in [3.63, 3.8) is 0 Å². The van der Waals surface area contributed by atoms with Crippen LogP contribution in [0.3, 0.4) is 0 Å². The van der Waals surface area contributed by atoms with Gasteiger partial charge in [-0.2, -0.15) is 0 Å². The number of likely N-dealkylation sites (tertiary alicyclic amines) is 1. The number of H-pyrrole nitrogens is 1. The maximum Gasteiger partial charge on any atom is 0.410 e. The number of aromatic amines is 1. The Bertz CT molecular complexity index is 1170. The van der Waals surface area contributed by atoms with Crippen molar-refractivity contribution in [3.05, 3.63) is 52.3 Å². The molecule has 1 aromatic carbocycles. The molecule has 6 heteroatoms. The van der Waals surface area contributed by atoms with Gasteiger partial charge in [-0.1, -0.05) is 31.5 Å². The van der Waals surface area contributed by atoms with Crippen molar-refractivity contribution in [1.29, 1.82) is 0 Å². The number of aryl methyl sites for hydroxylation is 1. The number of nitrogens with one attached hydrogen (secondary N) is 1. The van der Waals surface area contributed by atoms with E-state index < -0.39 is 5.60 Å². The summed E-state index contributed by atoms with van der Waals surface area (Å²) in [7, 11) is 0. The minimum Gasteiger partial charge on any atom is -0.444 e. The van der Waals surface area contributed by atoms with Gasteiger partial charge in [-0.25, -0.2) is 9.78 Å². The molecular formula is C27H34ClN3O2. The first-order chi connectivity index (χ1) is 15.5. The number of ether oxygens (including phenoxy) is 1. The monoisotopic (exact) mass is 467 g/mol. The third-order valence-electron chi connectivity index (χ3n) is 6.40. The molecule has 1 fully saturated rings. The Morgan fingerprint density at radius 1 is 1.21 bits per heavy atom. The topological polar surface area (TPSA) is 58.2 Å². The predicted octanol–water partition coefficient (Wildman–Crippen LogP) is 7.43. The number of carbonyl (C=O) groups is 1. The number of nitrogens with zero attached hydrogens (tertiary/aromatic N) is 2. The van der Waals surface area contributed by atoms with Gasteiger partial charge in [0.2, 0.25) is 0 Å². The number of hydrogen-bond acceptors (Lipinski definition) is 3. The quantitative estimate of drug-likeness (QED) is 0.407. The van der Waals surface area contributed by atoms with E-state index in [2.05, 4.69) is 48.9 Å². The van der Waals surface area contributed by atoms with Crippen molar-refractivity contribution in [3.8, 4) is 11.3 Å². The molecule has 1 N–H and O–H groups in total. The molecule has 0 radical (unpaired) electrons. The van der Waals surface area contributed by atoms with Crippen molar-refractivity contribution in [2.75, 3.05) is 13.1 Å². The zero-order chi connectivity index (χ0) is 23.9. The second-order valence-electron chi connectivity index (χ2n) is 10.4. The van der Waals surface area contributed by atoms with Crippen molar-refractivity contribution >= 4 is 28.6 Å². The van der Waals surface area contributed by atoms with Crippen LogP contribution in [0.4, 0.5) is 4.79 Å². The molecule has 0 aliphatic carbocycles. The van der Waals surface area contributed by atoms with Crippen molar-refractivity contribution in [1.82, 2.24) is 14.9 Å². The summed E-state index contributed by atoms with van der Waals surface area (Å²) in [4.78, 5) is 22.1. The highest BCUT2D eigenvalue weighted by molar-refractivity contribution is 6.29. The SMILES string of the molecule is Cc1cnc(Cl)cc1-c1[nH]c2ccc(C3CCN(C(=O)OC(C)(C)C)CC3)cc2c1C(C)C. The number of piperidine rings is 1. The number of fused-ring (bicyclic) bond motifs is 1. The van der Waals surface area contributed by atoms with Crippen LogP contribution < -0.4 is 0 Å². The minimum absolute atomic E-state index is 0.208. The maximum absolute atomic E-state index is 12.4. The van der Waals surface area contributed by atoms with E-state index in [1.54, 1.807) is 0 Å². The molecule has 1 aliphatic heterocycles. The molecule has 0 atom stereocenters.